The van der Waals surface area contributed by atoms with Crippen molar-refractivity contribution in [2.45, 2.75) is 6.92 Å². The Balaban J connectivity index is 0.000001000. The van der Waals surface area contributed by atoms with Crippen LogP contribution in [0.1, 0.15) is 5.56 Å². The van der Waals surface area contributed by atoms with Crippen molar-refractivity contribution < 1.29 is 4.39 Å². The van der Waals surface area contributed by atoms with E-state index in [1.54, 1.807) is 7.05 Å². The molecule has 0 aliphatic heterocycles. The number of benzene rings is 1. The Morgan fingerprint density at radius 3 is 2.36 bits per heavy atom. The highest BCUT2D eigenvalue weighted by Crippen LogP contribution is 2.11. The van der Waals surface area contributed by atoms with E-state index >= 15 is 0 Å². The summed E-state index contributed by atoms with van der Waals surface area (Å²) in [5, 5.41) is 2.87. The van der Waals surface area contributed by atoms with Crippen LogP contribution in [0.15, 0.2) is 18.2 Å². The number of rotatable bonds is 1. The van der Waals surface area contributed by atoms with Crippen molar-refractivity contribution in [1.29, 1.82) is 0 Å². The minimum absolute atomic E-state index is 0. The van der Waals surface area contributed by atoms with Gasteiger partial charge in [-0.2, -0.15) is 0 Å². The zero-order valence-corrected chi connectivity index (χ0v) is 7.33. The van der Waals surface area contributed by atoms with Crippen LogP contribution in [0.4, 0.5) is 10.1 Å². The monoisotopic (exact) mass is 175 g/mol. The van der Waals surface area contributed by atoms with E-state index in [0.29, 0.717) is 0 Å². The molecule has 0 bridgehead atoms. The fourth-order valence-electron chi connectivity index (χ4n) is 0.881. The lowest BCUT2D eigenvalue weighted by Gasteiger charge is -2.00. The fraction of sp³-hybridized carbons (Fsp3) is 0.250. The van der Waals surface area contributed by atoms with Crippen LogP contribution in [-0.4, -0.2) is 7.05 Å². The molecule has 0 amide bonds. The Bertz CT molecular complexity index is 217. The number of halogens is 2. The maximum atomic E-state index is 12.6. The molecule has 1 rings (SSSR count). The number of aryl methyl sites for hydroxylation is 1. The van der Waals surface area contributed by atoms with Crippen molar-refractivity contribution >= 4 is 18.1 Å². The molecule has 0 saturated heterocycles. The van der Waals surface area contributed by atoms with E-state index in [4.69, 9.17) is 0 Å². The third-order valence-electron chi connectivity index (χ3n) is 1.33. The van der Waals surface area contributed by atoms with Gasteiger partial charge >= 0.3 is 0 Å². The highest BCUT2D eigenvalue weighted by atomic mass is 35.5. The quantitative estimate of drug-likeness (QED) is 0.692. The molecule has 0 radical (unpaired) electrons. The maximum Gasteiger partial charge on any atom is 0.125 e. The zero-order chi connectivity index (χ0) is 7.56. The maximum absolute atomic E-state index is 12.6. The van der Waals surface area contributed by atoms with Gasteiger partial charge in [0, 0.05) is 12.7 Å². The summed E-state index contributed by atoms with van der Waals surface area (Å²) in [6, 6.07) is 4.86. The summed E-state index contributed by atoms with van der Waals surface area (Å²) in [4.78, 5) is 0. The van der Waals surface area contributed by atoms with Crippen LogP contribution in [0.5, 0.6) is 0 Å². The topological polar surface area (TPSA) is 12.0 Å². The van der Waals surface area contributed by atoms with E-state index in [0.717, 1.165) is 11.3 Å². The summed E-state index contributed by atoms with van der Waals surface area (Å²) in [7, 11) is 1.77. The predicted octanol–water partition coefficient (Wildman–Crippen LogP) is 2.60. The first kappa shape index (κ1) is 10.2. The third-order valence-corrected chi connectivity index (χ3v) is 1.33. The van der Waals surface area contributed by atoms with Gasteiger partial charge in [-0.3, -0.25) is 0 Å². The average molecular weight is 176 g/mol. The Morgan fingerprint density at radius 2 is 1.91 bits per heavy atom. The van der Waals surface area contributed by atoms with E-state index < -0.39 is 0 Å². The molecule has 1 aromatic rings. The SMILES string of the molecule is CNc1cc(C)cc(F)c1.Cl. The summed E-state index contributed by atoms with van der Waals surface area (Å²) in [6.45, 7) is 1.86. The average Bonchev–Trinajstić information content (AvgIpc) is 1.85. The van der Waals surface area contributed by atoms with Gasteiger partial charge in [-0.1, -0.05) is 0 Å². The second-order valence-electron chi connectivity index (χ2n) is 2.27. The van der Waals surface area contributed by atoms with Crippen molar-refractivity contribution in [2.75, 3.05) is 12.4 Å². The van der Waals surface area contributed by atoms with Gasteiger partial charge in [-0.15, -0.1) is 12.4 Å². The molecule has 1 aromatic carbocycles. The van der Waals surface area contributed by atoms with E-state index in [-0.39, 0.29) is 18.2 Å². The first-order valence-corrected chi connectivity index (χ1v) is 3.17. The number of hydrogen-bond donors (Lipinski definition) is 1. The highest BCUT2D eigenvalue weighted by Gasteiger charge is 1.93. The van der Waals surface area contributed by atoms with Crippen LogP contribution in [-0.2, 0) is 0 Å². The van der Waals surface area contributed by atoms with Gasteiger partial charge in [-0.25, -0.2) is 4.39 Å². The lowest BCUT2D eigenvalue weighted by molar-refractivity contribution is 0.627. The lowest BCUT2D eigenvalue weighted by atomic mass is 10.2. The van der Waals surface area contributed by atoms with E-state index in [1.165, 1.54) is 12.1 Å². The number of nitrogens with one attached hydrogen (secondary N) is 1. The van der Waals surface area contributed by atoms with Crippen molar-refractivity contribution in [3.05, 3.63) is 29.6 Å². The first-order chi connectivity index (χ1) is 4.72. The Morgan fingerprint density at radius 1 is 1.27 bits per heavy atom. The van der Waals surface area contributed by atoms with Crippen molar-refractivity contribution in [3.63, 3.8) is 0 Å². The number of anilines is 1. The first-order valence-electron chi connectivity index (χ1n) is 3.17. The van der Waals surface area contributed by atoms with Crippen molar-refractivity contribution in [3.8, 4) is 0 Å². The van der Waals surface area contributed by atoms with Crippen LogP contribution in [0.25, 0.3) is 0 Å². The molecule has 1 nitrogen and oxygen atoms in total. The molecule has 0 atom stereocenters. The summed E-state index contributed by atoms with van der Waals surface area (Å²) < 4.78 is 12.6. The molecule has 0 aromatic heterocycles. The second kappa shape index (κ2) is 4.19. The molecular formula is C8H11ClFN. The van der Waals surface area contributed by atoms with Gasteiger partial charge in [0.1, 0.15) is 5.82 Å². The fourth-order valence-corrected chi connectivity index (χ4v) is 0.881. The Labute approximate surface area is 72.0 Å². The molecular weight excluding hydrogens is 165 g/mol. The van der Waals surface area contributed by atoms with Gasteiger partial charge in [-0.05, 0) is 30.7 Å². The molecule has 0 aliphatic rings. The van der Waals surface area contributed by atoms with Gasteiger partial charge in [0.15, 0.2) is 0 Å². The molecule has 0 heterocycles. The minimum Gasteiger partial charge on any atom is -0.388 e. The Kier molecular flexibility index (Phi) is 3.90. The number of hydrogen-bond acceptors (Lipinski definition) is 1. The van der Waals surface area contributed by atoms with Crippen LogP contribution >= 0.6 is 12.4 Å². The zero-order valence-electron chi connectivity index (χ0n) is 6.52. The van der Waals surface area contributed by atoms with Crippen molar-refractivity contribution in [2.24, 2.45) is 0 Å². The second-order valence-corrected chi connectivity index (χ2v) is 2.27. The van der Waals surface area contributed by atoms with Crippen LogP contribution < -0.4 is 5.32 Å². The normalized spacial score (nSPS) is 8.64. The summed E-state index contributed by atoms with van der Waals surface area (Å²) in [5.41, 5.74) is 1.75. The minimum atomic E-state index is -0.190. The summed E-state index contributed by atoms with van der Waals surface area (Å²) >= 11 is 0. The molecule has 0 unspecified atom stereocenters. The smallest absolute Gasteiger partial charge is 0.125 e. The van der Waals surface area contributed by atoms with E-state index in [9.17, 15) is 4.39 Å². The van der Waals surface area contributed by atoms with Crippen LogP contribution in [0.3, 0.4) is 0 Å². The third kappa shape index (κ3) is 2.76. The van der Waals surface area contributed by atoms with E-state index in [2.05, 4.69) is 5.32 Å². The molecule has 3 heteroatoms. The van der Waals surface area contributed by atoms with Gasteiger partial charge < -0.3 is 5.32 Å². The molecule has 62 valence electrons. The highest BCUT2D eigenvalue weighted by molar-refractivity contribution is 5.85. The van der Waals surface area contributed by atoms with E-state index in [1.807, 2.05) is 13.0 Å². The van der Waals surface area contributed by atoms with Gasteiger partial charge in [0.25, 0.3) is 0 Å². The molecule has 0 fully saturated rings. The van der Waals surface area contributed by atoms with Gasteiger partial charge in [0.05, 0.1) is 0 Å². The van der Waals surface area contributed by atoms with Crippen LogP contribution in [0.2, 0.25) is 0 Å². The predicted molar refractivity (Wildman–Crippen MR) is 47.9 cm³/mol. The van der Waals surface area contributed by atoms with Gasteiger partial charge in [0.2, 0.25) is 0 Å². The molecule has 1 N–H and O–H groups in total. The summed E-state index contributed by atoms with van der Waals surface area (Å²) in [5.74, 6) is -0.190. The standard InChI is InChI=1S/C8H10FN.ClH/c1-6-3-7(9)5-8(4-6)10-2;/h3-5,10H,1-2H3;1H. The Hall–Kier alpha value is -0.760. The lowest BCUT2D eigenvalue weighted by Crippen LogP contribution is -1.89. The molecule has 0 spiro atoms. The van der Waals surface area contributed by atoms with Crippen molar-refractivity contribution in [1.82, 2.24) is 0 Å². The van der Waals surface area contributed by atoms with Crippen LogP contribution in [0, 0.1) is 12.7 Å². The summed E-state index contributed by atoms with van der Waals surface area (Å²) in [6.07, 6.45) is 0. The molecule has 11 heavy (non-hydrogen) atoms. The largest absolute Gasteiger partial charge is 0.388 e. The molecule has 0 saturated carbocycles. The molecule has 0 aliphatic carbocycles.